The minimum absolute atomic E-state index is 0.134. The third kappa shape index (κ3) is 4.74. The first kappa shape index (κ1) is 19.1. The summed E-state index contributed by atoms with van der Waals surface area (Å²) in [7, 11) is 0. The maximum atomic E-state index is 12.5. The van der Waals surface area contributed by atoms with Gasteiger partial charge in [-0.25, -0.2) is 9.97 Å². The Hall–Kier alpha value is -2.67. The smallest absolute Gasteiger partial charge is 0.253 e. The number of hydrogen-bond donors (Lipinski definition) is 1. The molecule has 0 atom stereocenters. The van der Waals surface area contributed by atoms with Crippen LogP contribution in [0.3, 0.4) is 0 Å². The molecule has 0 aromatic carbocycles. The monoisotopic (exact) mass is 369 g/mol. The quantitative estimate of drug-likeness (QED) is 0.806. The molecule has 3 rings (SSSR count). The van der Waals surface area contributed by atoms with Crippen molar-refractivity contribution in [3.05, 3.63) is 47.8 Å². The predicted molar refractivity (Wildman–Crippen MR) is 106 cm³/mol. The largest absolute Gasteiger partial charge is 0.378 e. The van der Waals surface area contributed by atoms with E-state index in [1.807, 2.05) is 24.3 Å². The second-order valence-corrected chi connectivity index (χ2v) is 6.35. The Kier molecular flexibility index (Phi) is 6.59. The molecule has 1 N–H and O–H groups in total. The Morgan fingerprint density at radius 3 is 2.63 bits per heavy atom. The van der Waals surface area contributed by atoms with Crippen LogP contribution in [0.2, 0.25) is 0 Å². The van der Waals surface area contributed by atoms with Crippen LogP contribution in [0, 0.1) is 0 Å². The summed E-state index contributed by atoms with van der Waals surface area (Å²) < 4.78 is 5.41. The van der Waals surface area contributed by atoms with Crippen molar-refractivity contribution in [3.63, 3.8) is 0 Å². The standard InChI is InChI=1S/C20H27N5O2/c1-3-24(4-2)18-8-7-17(15-22-18)20(26)23-14-16-6-5-9-21-19(16)25-10-12-27-13-11-25/h5-9,15H,3-4,10-14H2,1-2H3,(H,23,26). The molecule has 0 unspecified atom stereocenters. The number of morpholine rings is 1. The number of aromatic nitrogens is 2. The van der Waals surface area contributed by atoms with Gasteiger partial charge in [-0.3, -0.25) is 4.79 Å². The fraction of sp³-hybridized carbons (Fsp3) is 0.450. The maximum absolute atomic E-state index is 12.5. The van der Waals surface area contributed by atoms with Crippen LogP contribution >= 0.6 is 0 Å². The fourth-order valence-electron chi connectivity index (χ4n) is 3.16. The van der Waals surface area contributed by atoms with E-state index in [9.17, 15) is 4.79 Å². The van der Waals surface area contributed by atoms with E-state index >= 15 is 0 Å². The third-order valence-corrected chi connectivity index (χ3v) is 4.72. The van der Waals surface area contributed by atoms with Crippen LogP contribution in [0.25, 0.3) is 0 Å². The molecule has 1 aliphatic heterocycles. The lowest BCUT2D eigenvalue weighted by molar-refractivity contribution is 0.0950. The molecular weight excluding hydrogens is 342 g/mol. The zero-order chi connectivity index (χ0) is 19.1. The average molecular weight is 369 g/mol. The number of nitrogens with zero attached hydrogens (tertiary/aromatic N) is 4. The first-order valence-electron chi connectivity index (χ1n) is 9.48. The van der Waals surface area contributed by atoms with Crippen molar-refractivity contribution in [3.8, 4) is 0 Å². The van der Waals surface area contributed by atoms with Gasteiger partial charge >= 0.3 is 0 Å². The van der Waals surface area contributed by atoms with Crippen LogP contribution in [0.15, 0.2) is 36.7 Å². The first-order chi connectivity index (χ1) is 13.2. The highest BCUT2D eigenvalue weighted by atomic mass is 16.5. The van der Waals surface area contributed by atoms with Gasteiger partial charge in [0.25, 0.3) is 5.91 Å². The molecular formula is C20H27N5O2. The molecule has 7 nitrogen and oxygen atoms in total. The van der Waals surface area contributed by atoms with Crippen LogP contribution in [-0.2, 0) is 11.3 Å². The molecule has 27 heavy (non-hydrogen) atoms. The van der Waals surface area contributed by atoms with Gasteiger partial charge in [0.05, 0.1) is 18.8 Å². The van der Waals surface area contributed by atoms with E-state index in [0.717, 1.165) is 43.4 Å². The molecule has 1 saturated heterocycles. The molecule has 1 amide bonds. The van der Waals surface area contributed by atoms with Crippen molar-refractivity contribution in [2.45, 2.75) is 20.4 Å². The van der Waals surface area contributed by atoms with Gasteiger partial charge in [-0.05, 0) is 32.0 Å². The summed E-state index contributed by atoms with van der Waals surface area (Å²) in [4.78, 5) is 25.8. The van der Waals surface area contributed by atoms with Gasteiger partial charge in [-0.1, -0.05) is 6.07 Å². The molecule has 3 heterocycles. The van der Waals surface area contributed by atoms with Gasteiger partial charge in [0, 0.05) is 50.7 Å². The minimum Gasteiger partial charge on any atom is -0.378 e. The summed E-state index contributed by atoms with van der Waals surface area (Å²) in [6.45, 7) is 9.42. The summed E-state index contributed by atoms with van der Waals surface area (Å²) in [5.74, 6) is 1.67. The van der Waals surface area contributed by atoms with E-state index in [0.29, 0.717) is 25.3 Å². The van der Waals surface area contributed by atoms with Crippen molar-refractivity contribution in [1.29, 1.82) is 0 Å². The van der Waals surface area contributed by atoms with Crippen molar-refractivity contribution in [2.24, 2.45) is 0 Å². The fourth-order valence-corrected chi connectivity index (χ4v) is 3.16. The van der Waals surface area contributed by atoms with E-state index in [2.05, 4.69) is 38.9 Å². The van der Waals surface area contributed by atoms with Gasteiger partial charge in [0.2, 0.25) is 0 Å². The highest BCUT2D eigenvalue weighted by molar-refractivity contribution is 5.94. The second-order valence-electron chi connectivity index (χ2n) is 6.35. The van der Waals surface area contributed by atoms with E-state index in [4.69, 9.17) is 4.74 Å². The SMILES string of the molecule is CCN(CC)c1ccc(C(=O)NCc2cccnc2N2CCOCC2)cn1. The summed E-state index contributed by atoms with van der Waals surface area (Å²) in [5.41, 5.74) is 1.56. The molecule has 0 spiro atoms. The lowest BCUT2D eigenvalue weighted by atomic mass is 10.2. The molecule has 1 fully saturated rings. The topological polar surface area (TPSA) is 70.6 Å². The van der Waals surface area contributed by atoms with Gasteiger partial charge in [0.15, 0.2) is 0 Å². The first-order valence-corrected chi connectivity index (χ1v) is 9.48. The normalized spacial score (nSPS) is 14.1. The molecule has 0 saturated carbocycles. The van der Waals surface area contributed by atoms with Crippen molar-refractivity contribution in [1.82, 2.24) is 15.3 Å². The van der Waals surface area contributed by atoms with Gasteiger partial charge in [0.1, 0.15) is 11.6 Å². The highest BCUT2D eigenvalue weighted by Crippen LogP contribution is 2.18. The molecule has 0 aliphatic carbocycles. The van der Waals surface area contributed by atoms with Crippen molar-refractivity contribution >= 4 is 17.5 Å². The van der Waals surface area contributed by atoms with Crippen LogP contribution in [0.4, 0.5) is 11.6 Å². The number of carbonyl (C=O) groups excluding carboxylic acids is 1. The van der Waals surface area contributed by atoms with E-state index in [1.165, 1.54) is 0 Å². The average Bonchev–Trinajstić information content (AvgIpc) is 2.74. The van der Waals surface area contributed by atoms with Crippen LogP contribution in [-0.4, -0.2) is 55.3 Å². The lowest BCUT2D eigenvalue weighted by Crippen LogP contribution is -2.37. The maximum Gasteiger partial charge on any atom is 0.253 e. The van der Waals surface area contributed by atoms with Crippen LogP contribution < -0.4 is 15.1 Å². The number of ether oxygens (including phenoxy) is 1. The Bertz CT molecular complexity index is 740. The zero-order valence-electron chi connectivity index (χ0n) is 16.0. The third-order valence-electron chi connectivity index (χ3n) is 4.72. The Balaban J connectivity index is 1.64. The molecule has 0 bridgehead atoms. The lowest BCUT2D eigenvalue weighted by Gasteiger charge is -2.29. The Labute approximate surface area is 160 Å². The van der Waals surface area contributed by atoms with Gasteiger partial charge in [-0.2, -0.15) is 0 Å². The second kappa shape index (κ2) is 9.32. The van der Waals surface area contributed by atoms with Gasteiger partial charge in [-0.15, -0.1) is 0 Å². The summed E-state index contributed by atoms with van der Waals surface area (Å²) >= 11 is 0. The zero-order valence-corrected chi connectivity index (χ0v) is 16.0. The highest BCUT2D eigenvalue weighted by Gasteiger charge is 2.16. The number of anilines is 2. The number of carbonyl (C=O) groups is 1. The molecule has 0 radical (unpaired) electrons. The minimum atomic E-state index is -0.134. The van der Waals surface area contributed by atoms with Gasteiger partial charge < -0.3 is 19.9 Å². The molecule has 144 valence electrons. The van der Waals surface area contributed by atoms with Crippen molar-refractivity contribution < 1.29 is 9.53 Å². The summed E-state index contributed by atoms with van der Waals surface area (Å²) in [6.07, 6.45) is 3.42. The molecule has 2 aromatic heterocycles. The number of rotatable bonds is 7. The van der Waals surface area contributed by atoms with E-state index in [-0.39, 0.29) is 5.91 Å². The summed E-state index contributed by atoms with van der Waals surface area (Å²) in [6, 6.07) is 7.61. The number of amides is 1. The number of hydrogen-bond acceptors (Lipinski definition) is 6. The number of nitrogens with one attached hydrogen (secondary N) is 1. The Morgan fingerprint density at radius 1 is 1.19 bits per heavy atom. The summed E-state index contributed by atoms with van der Waals surface area (Å²) in [5, 5.41) is 2.98. The van der Waals surface area contributed by atoms with E-state index < -0.39 is 0 Å². The molecule has 7 heteroatoms. The molecule has 1 aliphatic rings. The van der Waals surface area contributed by atoms with Crippen LogP contribution in [0.5, 0.6) is 0 Å². The van der Waals surface area contributed by atoms with E-state index in [1.54, 1.807) is 12.4 Å². The number of pyridine rings is 2. The van der Waals surface area contributed by atoms with Crippen LogP contribution in [0.1, 0.15) is 29.8 Å². The van der Waals surface area contributed by atoms with Crippen molar-refractivity contribution in [2.75, 3.05) is 49.2 Å². The molecule has 2 aromatic rings. The predicted octanol–water partition coefficient (Wildman–Crippen LogP) is 2.09. The Morgan fingerprint density at radius 2 is 1.96 bits per heavy atom.